The Morgan fingerprint density at radius 1 is 0.933 bits per heavy atom. The number of alkyl carbamates (subject to hydrolysis) is 1. The minimum Gasteiger partial charge on any atom is -0.445 e. The van der Waals surface area contributed by atoms with E-state index in [1.54, 1.807) is 18.2 Å². The van der Waals surface area contributed by atoms with Crippen molar-refractivity contribution in [2.45, 2.75) is 19.2 Å². The van der Waals surface area contributed by atoms with E-state index >= 15 is 0 Å². The number of hydrogen-bond donors (Lipinski definition) is 3. The number of nitrogens with two attached hydrogens (primary N) is 1. The Kier molecular flexibility index (Phi) is 7.13. The number of nitrogens with one attached hydrogen (secondary N) is 2. The van der Waals surface area contributed by atoms with E-state index in [1.807, 2.05) is 36.4 Å². The highest BCUT2D eigenvalue weighted by molar-refractivity contribution is 5.97. The molecular weight excluding hydrogens is 385 g/mol. The van der Waals surface area contributed by atoms with Crippen molar-refractivity contribution in [3.8, 4) is 0 Å². The van der Waals surface area contributed by atoms with Gasteiger partial charge in [-0.1, -0.05) is 54.6 Å². The Morgan fingerprint density at radius 2 is 1.63 bits per heavy atom. The van der Waals surface area contributed by atoms with Crippen LogP contribution in [0.1, 0.15) is 22.7 Å². The smallest absolute Gasteiger partial charge is 0.408 e. The van der Waals surface area contributed by atoms with E-state index in [9.17, 15) is 14.0 Å². The van der Waals surface area contributed by atoms with Crippen molar-refractivity contribution in [2.75, 3.05) is 5.32 Å². The van der Waals surface area contributed by atoms with Gasteiger partial charge in [0.2, 0.25) is 0 Å². The van der Waals surface area contributed by atoms with Gasteiger partial charge in [0, 0.05) is 12.2 Å². The van der Waals surface area contributed by atoms with Crippen molar-refractivity contribution in [3.05, 3.63) is 101 Å². The number of amides is 2. The molecule has 154 valence electrons. The Labute approximate surface area is 173 Å². The lowest BCUT2D eigenvalue weighted by molar-refractivity contribution is -0.118. The molecule has 0 heterocycles. The van der Waals surface area contributed by atoms with Crippen LogP contribution in [0, 0.1) is 5.82 Å². The number of anilines is 1. The zero-order valence-electron chi connectivity index (χ0n) is 16.2. The summed E-state index contributed by atoms with van der Waals surface area (Å²) >= 11 is 0. The number of rotatable bonds is 7. The highest BCUT2D eigenvalue weighted by Gasteiger charge is 2.24. The molecule has 0 saturated heterocycles. The van der Waals surface area contributed by atoms with Crippen LogP contribution in [-0.4, -0.2) is 12.0 Å². The monoisotopic (exact) mass is 407 g/mol. The molecule has 4 N–H and O–H groups in total. The molecule has 0 aliphatic rings. The topological polar surface area (TPSA) is 93.5 Å². The summed E-state index contributed by atoms with van der Waals surface area (Å²) < 4.78 is 18.5. The third-order valence-electron chi connectivity index (χ3n) is 4.37. The molecule has 0 radical (unpaired) electrons. The maximum Gasteiger partial charge on any atom is 0.408 e. The molecule has 3 aromatic rings. The SMILES string of the molecule is NCc1cccc(NC(=O)[C@@H](NC(=O)OCc2ccccc2)c2ccc(F)cc2)c1. The summed E-state index contributed by atoms with van der Waals surface area (Å²) in [6.45, 7) is 0.387. The van der Waals surface area contributed by atoms with Gasteiger partial charge in [0.15, 0.2) is 0 Å². The number of benzene rings is 3. The number of halogens is 1. The summed E-state index contributed by atoms with van der Waals surface area (Å²) in [5.74, 6) is -0.937. The zero-order valence-corrected chi connectivity index (χ0v) is 16.2. The standard InChI is InChI=1S/C23H22FN3O3/c24-19-11-9-18(10-12-19)21(22(28)26-20-8-4-7-17(13-20)14-25)27-23(29)30-15-16-5-2-1-3-6-16/h1-13,21H,14-15,25H2,(H,26,28)(H,27,29)/t21-/m0/s1. The highest BCUT2D eigenvalue weighted by atomic mass is 19.1. The first-order valence-electron chi connectivity index (χ1n) is 9.37. The average molecular weight is 407 g/mol. The molecule has 6 nitrogen and oxygen atoms in total. The van der Waals surface area contributed by atoms with Gasteiger partial charge in [0.25, 0.3) is 5.91 Å². The van der Waals surface area contributed by atoms with E-state index in [1.165, 1.54) is 24.3 Å². The van der Waals surface area contributed by atoms with E-state index in [0.717, 1.165) is 11.1 Å². The molecule has 0 aliphatic heterocycles. The minimum absolute atomic E-state index is 0.0585. The first kappa shape index (κ1) is 21.0. The van der Waals surface area contributed by atoms with Gasteiger partial charge in [-0.2, -0.15) is 0 Å². The van der Waals surface area contributed by atoms with Crippen molar-refractivity contribution in [1.82, 2.24) is 5.32 Å². The quantitative estimate of drug-likeness (QED) is 0.554. The third-order valence-corrected chi connectivity index (χ3v) is 4.37. The Hall–Kier alpha value is -3.71. The minimum atomic E-state index is -1.07. The fourth-order valence-corrected chi connectivity index (χ4v) is 2.83. The Morgan fingerprint density at radius 3 is 2.33 bits per heavy atom. The summed E-state index contributed by atoms with van der Waals surface area (Å²) in [5.41, 5.74) is 8.26. The van der Waals surface area contributed by atoms with Crippen molar-refractivity contribution < 1.29 is 18.7 Å². The first-order valence-corrected chi connectivity index (χ1v) is 9.37. The van der Waals surface area contributed by atoms with Gasteiger partial charge in [-0.25, -0.2) is 9.18 Å². The van der Waals surface area contributed by atoms with Gasteiger partial charge < -0.3 is 21.1 Å². The molecular formula is C23H22FN3O3. The molecule has 0 aromatic heterocycles. The third kappa shape index (κ3) is 5.89. The first-order chi connectivity index (χ1) is 14.5. The molecule has 3 rings (SSSR count). The van der Waals surface area contributed by atoms with E-state index in [0.29, 0.717) is 17.8 Å². The number of carbonyl (C=O) groups is 2. The summed E-state index contributed by atoms with van der Waals surface area (Å²) in [4.78, 5) is 25.2. The molecule has 0 bridgehead atoms. The number of ether oxygens (including phenoxy) is 1. The second-order valence-corrected chi connectivity index (χ2v) is 6.58. The normalized spacial score (nSPS) is 11.4. The predicted molar refractivity (Wildman–Crippen MR) is 112 cm³/mol. The Balaban J connectivity index is 1.73. The van der Waals surface area contributed by atoms with Crippen LogP contribution in [0.3, 0.4) is 0 Å². The summed E-state index contributed by atoms with van der Waals surface area (Å²) in [5, 5.41) is 5.30. The molecule has 0 spiro atoms. The number of hydrogen-bond acceptors (Lipinski definition) is 4. The van der Waals surface area contributed by atoms with Crippen LogP contribution >= 0.6 is 0 Å². The van der Waals surface area contributed by atoms with Crippen LogP contribution in [0.4, 0.5) is 14.9 Å². The maximum atomic E-state index is 13.3. The van der Waals surface area contributed by atoms with E-state index in [-0.39, 0.29) is 6.61 Å². The molecule has 7 heteroatoms. The fourth-order valence-electron chi connectivity index (χ4n) is 2.83. The van der Waals surface area contributed by atoms with Crippen LogP contribution < -0.4 is 16.4 Å². The lowest BCUT2D eigenvalue weighted by atomic mass is 10.1. The van der Waals surface area contributed by atoms with E-state index < -0.39 is 23.9 Å². The van der Waals surface area contributed by atoms with Crippen molar-refractivity contribution in [1.29, 1.82) is 0 Å². The van der Waals surface area contributed by atoms with Gasteiger partial charge in [-0.3, -0.25) is 4.79 Å². The van der Waals surface area contributed by atoms with E-state index in [2.05, 4.69) is 10.6 Å². The van der Waals surface area contributed by atoms with Crippen molar-refractivity contribution in [3.63, 3.8) is 0 Å². The van der Waals surface area contributed by atoms with Gasteiger partial charge in [0.05, 0.1) is 0 Å². The molecule has 0 fully saturated rings. The van der Waals surface area contributed by atoms with Crippen LogP contribution in [0.5, 0.6) is 0 Å². The van der Waals surface area contributed by atoms with Crippen molar-refractivity contribution in [2.24, 2.45) is 5.73 Å². The largest absolute Gasteiger partial charge is 0.445 e. The molecule has 0 unspecified atom stereocenters. The van der Waals surface area contributed by atoms with Crippen LogP contribution in [0.25, 0.3) is 0 Å². The van der Waals surface area contributed by atoms with Crippen LogP contribution in [0.15, 0.2) is 78.9 Å². The van der Waals surface area contributed by atoms with Gasteiger partial charge >= 0.3 is 6.09 Å². The second kappa shape index (κ2) is 10.2. The van der Waals surface area contributed by atoms with Crippen LogP contribution in [0.2, 0.25) is 0 Å². The second-order valence-electron chi connectivity index (χ2n) is 6.58. The van der Waals surface area contributed by atoms with E-state index in [4.69, 9.17) is 10.5 Å². The summed E-state index contributed by atoms with van der Waals surface area (Å²) in [6, 6.07) is 20.5. The average Bonchev–Trinajstić information content (AvgIpc) is 2.77. The summed E-state index contributed by atoms with van der Waals surface area (Å²) in [6.07, 6.45) is -0.765. The fraction of sp³-hybridized carbons (Fsp3) is 0.130. The molecule has 30 heavy (non-hydrogen) atoms. The zero-order chi connectivity index (χ0) is 21.3. The molecule has 0 saturated carbocycles. The molecule has 3 aromatic carbocycles. The number of carbonyl (C=O) groups excluding carboxylic acids is 2. The predicted octanol–water partition coefficient (Wildman–Crippen LogP) is 3.89. The maximum absolute atomic E-state index is 13.3. The van der Waals surface area contributed by atoms with Gasteiger partial charge in [-0.05, 0) is 41.0 Å². The van der Waals surface area contributed by atoms with Gasteiger partial charge in [0.1, 0.15) is 18.5 Å². The molecule has 2 amide bonds. The lowest BCUT2D eigenvalue weighted by Crippen LogP contribution is -2.37. The molecule has 1 atom stereocenters. The van der Waals surface area contributed by atoms with Crippen molar-refractivity contribution >= 4 is 17.7 Å². The highest BCUT2D eigenvalue weighted by Crippen LogP contribution is 2.18. The Bertz CT molecular complexity index is 994. The van der Waals surface area contributed by atoms with Crippen LogP contribution in [-0.2, 0) is 22.7 Å². The lowest BCUT2D eigenvalue weighted by Gasteiger charge is -2.19. The van der Waals surface area contributed by atoms with Gasteiger partial charge in [-0.15, -0.1) is 0 Å². The summed E-state index contributed by atoms with van der Waals surface area (Å²) in [7, 11) is 0. The molecule has 0 aliphatic carbocycles.